The second-order valence-corrected chi connectivity index (χ2v) is 7.69. The van der Waals surface area contributed by atoms with Gasteiger partial charge in [-0.1, -0.05) is 36.9 Å². The first-order chi connectivity index (χ1) is 15.6. The number of nitrogens with one attached hydrogen (secondary N) is 1. The van der Waals surface area contributed by atoms with E-state index in [1.807, 2.05) is 0 Å². The molecule has 1 heterocycles. The summed E-state index contributed by atoms with van der Waals surface area (Å²) in [6.45, 7) is 2.24. The van der Waals surface area contributed by atoms with E-state index < -0.39 is 74.2 Å². The lowest BCUT2D eigenvalue weighted by atomic mass is 9.99. The van der Waals surface area contributed by atoms with E-state index in [0.717, 1.165) is 5.56 Å². The van der Waals surface area contributed by atoms with Crippen molar-refractivity contribution < 1.29 is 55.1 Å². The zero-order valence-corrected chi connectivity index (χ0v) is 17.7. The maximum absolute atomic E-state index is 12.1. The molecule has 12 nitrogen and oxygen atoms in total. The molecule has 1 aliphatic heterocycles. The number of carbonyl (C=O) groups excluding carboxylic acids is 1. The number of benzene rings is 1. The van der Waals surface area contributed by atoms with E-state index in [1.165, 1.54) is 0 Å². The molecular formula is C21H31NO11. The first-order valence-electron chi connectivity index (χ1n) is 10.2. The molecule has 12 heteroatoms. The summed E-state index contributed by atoms with van der Waals surface area (Å²) < 4.78 is 10.2. The van der Waals surface area contributed by atoms with Crippen LogP contribution in [-0.2, 0) is 20.8 Å². The zero-order valence-electron chi connectivity index (χ0n) is 17.7. The van der Waals surface area contributed by atoms with Crippen molar-refractivity contribution in [2.75, 3.05) is 13.2 Å². The van der Waals surface area contributed by atoms with E-state index in [4.69, 9.17) is 14.6 Å². The van der Waals surface area contributed by atoms with Gasteiger partial charge in [-0.25, -0.2) is 0 Å². The first kappa shape index (κ1) is 27.3. The third-order valence-electron chi connectivity index (χ3n) is 5.30. The van der Waals surface area contributed by atoms with Crippen molar-refractivity contribution in [2.45, 2.75) is 61.7 Å². The number of aliphatic hydroxyl groups is 8. The molecule has 1 amide bonds. The lowest BCUT2D eigenvalue weighted by Crippen LogP contribution is -2.59. The number of hydrogen-bond acceptors (Lipinski definition) is 11. The fourth-order valence-electron chi connectivity index (χ4n) is 3.13. The molecule has 0 spiro atoms. The summed E-state index contributed by atoms with van der Waals surface area (Å²) in [7, 11) is 0. The Morgan fingerprint density at radius 1 is 1.06 bits per heavy atom. The van der Waals surface area contributed by atoms with Crippen molar-refractivity contribution in [1.82, 2.24) is 5.32 Å². The van der Waals surface area contributed by atoms with Crippen LogP contribution in [0.15, 0.2) is 30.8 Å². The molecule has 0 saturated carbocycles. The SMILES string of the molecule is C=Cc1ccc(CNC(=O)[C@H](O)[C@H](O)[C@H](O)[C@@H](O)CO[C@@H]2O[C@H](CO)[C@H](O)[C@H](O)[C@H]2O)cc1. The molecule has 0 unspecified atom stereocenters. The van der Waals surface area contributed by atoms with Gasteiger partial charge >= 0.3 is 0 Å². The van der Waals surface area contributed by atoms with E-state index in [9.17, 15) is 40.5 Å². The Bertz CT molecular complexity index is 759. The first-order valence-corrected chi connectivity index (χ1v) is 10.2. The summed E-state index contributed by atoms with van der Waals surface area (Å²) in [5.74, 6) is -0.989. The molecule has 1 fully saturated rings. The van der Waals surface area contributed by atoms with Crippen LogP contribution in [0.3, 0.4) is 0 Å². The highest BCUT2D eigenvalue weighted by Crippen LogP contribution is 2.22. The summed E-state index contributed by atoms with van der Waals surface area (Å²) in [6, 6.07) is 7.01. The van der Waals surface area contributed by atoms with Crippen LogP contribution in [0.2, 0.25) is 0 Å². The van der Waals surface area contributed by atoms with Gasteiger partial charge in [-0.15, -0.1) is 0 Å². The topological polar surface area (TPSA) is 209 Å². The zero-order chi connectivity index (χ0) is 24.7. The molecular weight excluding hydrogens is 442 g/mol. The predicted octanol–water partition coefficient (Wildman–Crippen LogP) is -3.79. The third-order valence-corrected chi connectivity index (χ3v) is 5.30. The predicted molar refractivity (Wildman–Crippen MR) is 112 cm³/mol. The largest absolute Gasteiger partial charge is 0.394 e. The number of amides is 1. The average molecular weight is 473 g/mol. The van der Waals surface area contributed by atoms with Gasteiger partial charge < -0.3 is 55.6 Å². The number of aliphatic hydroxyl groups excluding tert-OH is 8. The fraction of sp³-hybridized carbons (Fsp3) is 0.571. The minimum absolute atomic E-state index is 0.0406. The van der Waals surface area contributed by atoms with E-state index in [1.54, 1.807) is 30.3 Å². The minimum atomic E-state index is -2.08. The van der Waals surface area contributed by atoms with Gasteiger partial charge in [-0.3, -0.25) is 4.79 Å². The van der Waals surface area contributed by atoms with E-state index in [-0.39, 0.29) is 6.54 Å². The molecule has 9 atom stereocenters. The monoisotopic (exact) mass is 473 g/mol. The van der Waals surface area contributed by atoms with Crippen LogP contribution in [0.1, 0.15) is 11.1 Å². The minimum Gasteiger partial charge on any atom is -0.394 e. The van der Waals surface area contributed by atoms with E-state index >= 15 is 0 Å². The van der Waals surface area contributed by atoms with Gasteiger partial charge in [-0.05, 0) is 11.1 Å². The molecule has 186 valence electrons. The number of hydrogen-bond donors (Lipinski definition) is 9. The molecule has 9 N–H and O–H groups in total. The normalized spacial score (nSPS) is 29.0. The second-order valence-electron chi connectivity index (χ2n) is 7.69. The van der Waals surface area contributed by atoms with Gasteiger partial charge in [-0.2, -0.15) is 0 Å². The van der Waals surface area contributed by atoms with Crippen molar-refractivity contribution in [3.05, 3.63) is 42.0 Å². The quantitative estimate of drug-likeness (QED) is 0.152. The van der Waals surface area contributed by atoms with Crippen LogP contribution >= 0.6 is 0 Å². The second kappa shape index (κ2) is 12.5. The van der Waals surface area contributed by atoms with Crippen molar-refractivity contribution in [1.29, 1.82) is 0 Å². The highest BCUT2D eigenvalue weighted by molar-refractivity contribution is 5.81. The Hall–Kier alpha value is -1.97. The summed E-state index contributed by atoms with van der Waals surface area (Å²) in [6.07, 6.45) is -14.2. The standard InChI is InChI=1S/C21H31NO11/c1-2-10-3-5-11(6-4-10)7-22-20(31)18(29)16(27)14(25)12(24)9-32-21-19(30)17(28)15(26)13(8-23)33-21/h2-6,12-19,21,23-30H,1,7-9H2,(H,22,31)/t12-,13+,14+,15-,16+,17-,18+,19+,21+/m0/s1. The van der Waals surface area contributed by atoms with Gasteiger partial charge in [0.1, 0.15) is 42.7 Å². The lowest BCUT2D eigenvalue weighted by molar-refractivity contribution is -0.306. The van der Waals surface area contributed by atoms with Crippen molar-refractivity contribution in [3.8, 4) is 0 Å². The summed E-state index contributed by atoms with van der Waals surface area (Å²) >= 11 is 0. The Labute approximate surface area is 190 Å². The molecule has 33 heavy (non-hydrogen) atoms. The van der Waals surface area contributed by atoms with Crippen molar-refractivity contribution in [2.24, 2.45) is 0 Å². The van der Waals surface area contributed by atoms with Crippen molar-refractivity contribution in [3.63, 3.8) is 0 Å². The van der Waals surface area contributed by atoms with E-state index in [2.05, 4.69) is 11.9 Å². The molecule has 2 rings (SSSR count). The number of rotatable bonds is 11. The van der Waals surface area contributed by atoms with Crippen LogP contribution in [0, 0.1) is 0 Å². The Kier molecular flexibility index (Phi) is 10.3. The summed E-state index contributed by atoms with van der Waals surface area (Å²) in [4.78, 5) is 12.1. The lowest BCUT2D eigenvalue weighted by Gasteiger charge is -2.40. The van der Waals surface area contributed by atoms with Gasteiger partial charge in [0.15, 0.2) is 12.4 Å². The third kappa shape index (κ3) is 7.01. The molecule has 1 aromatic carbocycles. The van der Waals surface area contributed by atoms with Crippen LogP contribution in [-0.4, -0.2) is 115 Å². The highest BCUT2D eigenvalue weighted by Gasteiger charge is 2.44. The van der Waals surface area contributed by atoms with Crippen LogP contribution < -0.4 is 5.32 Å². The molecule has 0 aromatic heterocycles. The molecule has 1 aliphatic rings. The highest BCUT2D eigenvalue weighted by atomic mass is 16.7. The summed E-state index contributed by atoms with van der Waals surface area (Å²) in [5.41, 5.74) is 1.59. The average Bonchev–Trinajstić information content (AvgIpc) is 2.84. The summed E-state index contributed by atoms with van der Waals surface area (Å²) in [5, 5.41) is 81.1. The van der Waals surface area contributed by atoms with Crippen LogP contribution in [0.4, 0.5) is 0 Å². The van der Waals surface area contributed by atoms with Crippen LogP contribution in [0.25, 0.3) is 6.08 Å². The molecule has 0 radical (unpaired) electrons. The fourth-order valence-corrected chi connectivity index (χ4v) is 3.13. The number of carbonyl (C=O) groups is 1. The number of ether oxygens (including phenoxy) is 2. The maximum Gasteiger partial charge on any atom is 0.251 e. The smallest absolute Gasteiger partial charge is 0.251 e. The Morgan fingerprint density at radius 2 is 1.70 bits per heavy atom. The maximum atomic E-state index is 12.1. The van der Waals surface area contributed by atoms with Crippen LogP contribution in [0.5, 0.6) is 0 Å². The molecule has 1 aromatic rings. The van der Waals surface area contributed by atoms with Gasteiger partial charge in [0.25, 0.3) is 5.91 Å². The Balaban J connectivity index is 1.84. The molecule has 0 aliphatic carbocycles. The van der Waals surface area contributed by atoms with Gasteiger partial charge in [0, 0.05) is 6.54 Å². The molecule has 0 bridgehead atoms. The Morgan fingerprint density at radius 3 is 2.27 bits per heavy atom. The van der Waals surface area contributed by atoms with Gasteiger partial charge in [0.05, 0.1) is 13.2 Å². The van der Waals surface area contributed by atoms with Crippen molar-refractivity contribution >= 4 is 12.0 Å². The van der Waals surface area contributed by atoms with Gasteiger partial charge in [0.2, 0.25) is 0 Å². The molecule has 1 saturated heterocycles. The van der Waals surface area contributed by atoms with E-state index in [0.29, 0.717) is 5.56 Å².